The van der Waals surface area contributed by atoms with Crippen LogP contribution in [0.25, 0.3) is 0 Å². The van der Waals surface area contributed by atoms with Gasteiger partial charge in [0.15, 0.2) is 0 Å². The summed E-state index contributed by atoms with van der Waals surface area (Å²) in [7, 11) is 0. The number of aliphatic hydroxyl groups excluding tert-OH is 1. The highest BCUT2D eigenvalue weighted by atomic mass is 16.3. The van der Waals surface area contributed by atoms with Crippen LogP contribution >= 0.6 is 0 Å². The van der Waals surface area contributed by atoms with Gasteiger partial charge in [0, 0.05) is 31.3 Å². The van der Waals surface area contributed by atoms with Gasteiger partial charge < -0.3 is 10.8 Å². The molecule has 1 aromatic rings. The summed E-state index contributed by atoms with van der Waals surface area (Å²) in [5, 5.41) is 13.4. The van der Waals surface area contributed by atoms with E-state index in [0.717, 1.165) is 24.9 Å². The van der Waals surface area contributed by atoms with E-state index in [1.165, 1.54) is 0 Å². The molecular weight excluding hydrogens is 202 g/mol. The first-order valence-corrected chi connectivity index (χ1v) is 6.11. The van der Waals surface area contributed by atoms with Crippen molar-refractivity contribution in [2.75, 3.05) is 6.61 Å². The van der Waals surface area contributed by atoms with Gasteiger partial charge in [0.05, 0.1) is 6.20 Å². The second-order valence-electron chi connectivity index (χ2n) is 4.23. The van der Waals surface area contributed by atoms with Gasteiger partial charge in [-0.25, -0.2) is 0 Å². The number of nitrogens with zero attached hydrogens (tertiary/aromatic N) is 2. The van der Waals surface area contributed by atoms with Crippen molar-refractivity contribution < 1.29 is 5.11 Å². The molecule has 0 amide bonds. The number of nitrogens with two attached hydrogens (primary N) is 1. The summed E-state index contributed by atoms with van der Waals surface area (Å²) in [5.41, 5.74) is 7.22. The number of hydrogen-bond donors (Lipinski definition) is 2. The van der Waals surface area contributed by atoms with Crippen molar-refractivity contribution in [3.63, 3.8) is 0 Å². The molecule has 0 saturated heterocycles. The number of rotatable bonds is 7. The Morgan fingerprint density at radius 1 is 1.50 bits per heavy atom. The topological polar surface area (TPSA) is 64.1 Å². The molecule has 1 rings (SSSR count). The zero-order chi connectivity index (χ0) is 12.0. The molecule has 0 spiro atoms. The summed E-state index contributed by atoms with van der Waals surface area (Å²) in [5.74, 6) is 0.223. The Morgan fingerprint density at radius 2 is 2.25 bits per heavy atom. The monoisotopic (exact) mass is 225 g/mol. The second-order valence-corrected chi connectivity index (χ2v) is 4.23. The zero-order valence-corrected chi connectivity index (χ0v) is 10.3. The van der Waals surface area contributed by atoms with Crippen molar-refractivity contribution >= 4 is 0 Å². The fourth-order valence-electron chi connectivity index (χ4n) is 1.97. The third-order valence-electron chi connectivity index (χ3n) is 2.96. The van der Waals surface area contributed by atoms with Crippen molar-refractivity contribution in [3.8, 4) is 0 Å². The maximum atomic E-state index is 9.07. The zero-order valence-electron chi connectivity index (χ0n) is 10.3. The van der Waals surface area contributed by atoms with Crippen LogP contribution in [0.5, 0.6) is 0 Å². The van der Waals surface area contributed by atoms with E-state index in [1.54, 1.807) is 0 Å². The van der Waals surface area contributed by atoms with E-state index in [0.29, 0.717) is 6.42 Å². The summed E-state index contributed by atoms with van der Waals surface area (Å²) < 4.78 is 1.95. The highest BCUT2D eigenvalue weighted by Crippen LogP contribution is 2.23. The van der Waals surface area contributed by atoms with Gasteiger partial charge in [-0.1, -0.05) is 13.8 Å². The first kappa shape index (κ1) is 13.2. The number of hydrogen-bond acceptors (Lipinski definition) is 3. The Bertz CT molecular complexity index is 298. The normalized spacial score (nSPS) is 15.0. The Labute approximate surface area is 97.5 Å². The highest BCUT2D eigenvalue weighted by Gasteiger charge is 2.19. The van der Waals surface area contributed by atoms with Crippen LogP contribution in [-0.2, 0) is 6.54 Å². The molecule has 0 aromatic carbocycles. The van der Waals surface area contributed by atoms with Gasteiger partial charge in [-0.05, 0) is 24.8 Å². The molecule has 0 bridgehead atoms. The summed E-state index contributed by atoms with van der Waals surface area (Å²) in [4.78, 5) is 0. The molecule has 3 N–H and O–H groups in total. The minimum absolute atomic E-state index is 0.103. The average Bonchev–Trinajstić information content (AvgIpc) is 2.74. The van der Waals surface area contributed by atoms with Crippen LogP contribution in [0.1, 0.15) is 44.6 Å². The molecule has 0 saturated carbocycles. The molecule has 92 valence electrons. The van der Waals surface area contributed by atoms with Crippen LogP contribution in [0.3, 0.4) is 0 Å². The van der Waals surface area contributed by atoms with Gasteiger partial charge >= 0.3 is 0 Å². The molecule has 1 heterocycles. The van der Waals surface area contributed by atoms with Crippen LogP contribution in [0, 0.1) is 0 Å². The maximum absolute atomic E-state index is 9.07. The molecule has 16 heavy (non-hydrogen) atoms. The van der Waals surface area contributed by atoms with Crippen LogP contribution in [0.2, 0.25) is 0 Å². The molecule has 4 heteroatoms. The van der Waals surface area contributed by atoms with Crippen molar-refractivity contribution in [2.45, 2.75) is 51.6 Å². The minimum Gasteiger partial charge on any atom is -0.396 e. The van der Waals surface area contributed by atoms with Crippen LogP contribution < -0.4 is 5.73 Å². The summed E-state index contributed by atoms with van der Waals surface area (Å²) >= 11 is 0. The Morgan fingerprint density at radius 3 is 2.81 bits per heavy atom. The molecule has 1 aromatic heterocycles. The van der Waals surface area contributed by atoms with Crippen molar-refractivity contribution in [1.82, 2.24) is 9.78 Å². The third-order valence-corrected chi connectivity index (χ3v) is 2.96. The van der Waals surface area contributed by atoms with Crippen LogP contribution in [0.15, 0.2) is 12.4 Å². The fourth-order valence-corrected chi connectivity index (χ4v) is 1.97. The lowest BCUT2D eigenvalue weighted by atomic mass is 9.90. The van der Waals surface area contributed by atoms with E-state index in [9.17, 15) is 0 Å². The minimum atomic E-state index is 0.103. The Hall–Kier alpha value is -0.870. The SMILES string of the molecule is CCCn1cc(C(CCO)C(N)CC)cn1. The van der Waals surface area contributed by atoms with Gasteiger partial charge in [-0.2, -0.15) is 5.10 Å². The Kier molecular flexibility index (Phi) is 5.49. The van der Waals surface area contributed by atoms with E-state index in [-0.39, 0.29) is 18.6 Å². The first-order chi connectivity index (χ1) is 7.72. The fraction of sp³-hybridized carbons (Fsp3) is 0.750. The van der Waals surface area contributed by atoms with Gasteiger partial charge in [-0.3, -0.25) is 4.68 Å². The lowest BCUT2D eigenvalue weighted by molar-refractivity contribution is 0.266. The quantitative estimate of drug-likeness (QED) is 0.739. The molecule has 4 nitrogen and oxygen atoms in total. The van der Waals surface area contributed by atoms with Crippen LogP contribution in [-0.4, -0.2) is 27.5 Å². The molecule has 2 atom stereocenters. The highest BCUT2D eigenvalue weighted by molar-refractivity contribution is 5.14. The number of aryl methyl sites for hydroxylation is 1. The van der Waals surface area contributed by atoms with E-state index in [2.05, 4.69) is 25.1 Å². The third kappa shape index (κ3) is 3.32. The standard InChI is InChI=1S/C12H23N3O/c1-3-6-15-9-10(8-14-15)11(5-7-16)12(13)4-2/h8-9,11-12,16H,3-7,13H2,1-2H3. The Balaban J connectivity index is 2.75. The van der Waals surface area contributed by atoms with Crippen LogP contribution in [0.4, 0.5) is 0 Å². The summed E-state index contributed by atoms with van der Waals surface area (Å²) in [6.45, 7) is 5.32. The second kappa shape index (κ2) is 6.66. The van der Waals surface area contributed by atoms with E-state index in [1.807, 2.05) is 10.9 Å². The van der Waals surface area contributed by atoms with Gasteiger partial charge in [0.25, 0.3) is 0 Å². The van der Waals surface area contributed by atoms with Crippen molar-refractivity contribution in [1.29, 1.82) is 0 Å². The van der Waals surface area contributed by atoms with Gasteiger partial charge in [0.1, 0.15) is 0 Å². The first-order valence-electron chi connectivity index (χ1n) is 6.11. The molecule has 0 aliphatic rings. The summed E-state index contributed by atoms with van der Waals surface area (Å²) in [6.07, 6.45) is 6.65. The van der Waals surface area contributed by atoms with E-state index >= 15 is 0 Å². The number of aromatic nitrogens is 2. The van der Waals surface area contributed by atoms with E-state index in [4.69, 9.17) is 10.8 Å². The lowest BCUT2D eigenvalue weighted by Crippen LogP contribution is -2.28. The maximum Gasteiger partial charge on any atom is 0.0525 e. The predicted molar refractivity (Wildman–Crippen MR) is 65.2 cm³/mol. The largest absolute Gasteiger partial charge is 0.396 e. The summed E-state index contributed by atoms with van der Waals surface area (Å²) in [6, 6.07) is 0.103. The molecule has 0 aliphatic heterocycles. The van der Waals surface area contributed by atoms with E-state index < -0.39 is 0 Å². The molecule has 0 radical (unpaired) electrons. The predicted octanol–water partition coefficient (Wildman–Crippen LogP) is 1.50. The smallest absolute Gasteiger partial charge is 0.0525 e. The molecule has 2 unspecified atom stereocenters. The van der Waals surface area contributed by atoms with Crippen molar-refractivity contribution in [3.05, 3.63) is 18.0 Å². The molecule has 0 aliphatic carbocycles. The molecular formula is C12H23N3O. The average molecular weight is 225 g/mol. The lowest BCUT2D eigenvalue weighted by Gasteiger charge is -2.20. The molecule has 0 fully saturated rings. The van der Waals surface area contributed by atoms with Gasteiger partial charge in [-0.15, -0.1) is 0 Å². The van der Waals surface area contributed by atoms with Crippen molar-refractivity contribution in [2.24, 2.45) is 5.73 Å². The number of aliphatic hydroxyl groups is 1. The van der Waals surface area contributed by atoms with Gasteiger partial charge in [0.2, 0.25) is 0 Å².